The number of hydrogen-bond acceptors (Lipinski definition) is 5. The number of benzene rings is 2. The minimum atomic E-state index is -0.177. The van der Waals surface area contributed by atoms with Crippen LogP contribution in [0.5, 0.6) is 5.75 Å². The number of hydrogen-bond donors (Lipinski definition) is 1. The van der Waals surface area contributed by atoms with Gasteiger partial charge in [-0.1, -0.05) is 18.2 Å². The van der Waals surface area contributed by atoms with E-state index in [1.807, 2.05) is 49.4 Å². The van der Waals surface area contributed by atoms with Crippen LogP contribution in [0.15, 0.2) is 65.1 Å². The monoisotopic (exact) mass is 387 g/mol. The first-order chi connectivity index (χ1) is 14.1. The number of carbonyl (C=O) groups excluding carboxylic acids is 1. The van der Waals surface area contributed by atoms with Gasteiger partial charge in [-0.15, -0.1) is 0 Å². The largest absolute Gasteiger partial charge is 0.497 e. The molecule has 29 heavy (non-hydrogen) atoms. The molecule has 4 rings (SSSR count). The summed E-state index contributed by atoms with van der Waals surface area (Å²) in [6.45, 7) is 2.30. The molecule has 0 fully saturated rings. The third-order valence-electron chi connectivity index (χ3n) is 4.59. The molecule has 2 aromatic heterocycles. The molecule has 1 N–H and O–H groups in total. The standard InChI is InChI=1S/C23H21N3O3/c1-15-4-3-5-18(25-15)14-24-23(27)17-8-11-20-21(13-17)29-22(26-20)12-16-6-9-19(28-2)10-7-16/h3-11,13H,12,14H2,1-2H3,(H,24,27). The minimum Gasteiger partial charge on any atom is -0.497 e. The number of oxazole rings is 1. The van der Waals surface area contributed by atoms with Crippen LogP contribution < -0.4 is 10.1 Å². The zero-order valence-electron chi connectivity index (χ0n) is 16.3. The van der Waals surface area contributed by atoms with Crippen LogP contribution in [0.25, 0.3) is 11.1 Å². The summed E-state index contributed by atoms with van der Waals surface area (Å²) in [4.78, 5) is 21.4. The molecule has 1 amide bonds. The molecular formula is C23H21N3O3. The molecule has 0 aliphatic carbocycles. The van der Waals surface area contributed by atoms with Gasteiger partial charge < -0.3 is 14.5 Å². The molecule has 2 heterocycles. The van der Waals surface area contributed by atoms with E-state index in [0.29, 0.717) is 30.0 Å². The Labute approximate surface area is 168 Å². The second kappa shape index (κ2) is 8.14. The topological polar surface area (TPSA) is 77.2 Å². The van der Waals surface area contributed by atoms with Crippen molar-refractivity contribution in [2.24, 2.45) is 0 Å². The van der Waals surface area contributed by atoms with E-state index in [2.05, 4.69) is 15.3 Å². The fraction of sp³-hybridized carbons (Fsp3) is 0.174. The van der Waals surface area contributed by atoms with E-state index in [1.165, 1.54) is 0 Å². The van der Waals surface area contributed by atoms with Crippen molar-refractivity contribution in [2.75, 3.05) is 7.11 Å². The van der Waals surface area contributed by atoms with Gasteiger partial charge in [0.15, 0.2) is 11.5 Å². The Morgan fingerprint density at radius 3 is 2.66 bits per heavy atom. The highest BCUT2D eigenvalue weighted by atomic mass is 16.5. The number of rotatable bonds is 6. The number of methoxy groups -OCH3 is 1. The Balaban J connectivity index is 1.46. The van der Waals surface area contributed by atoms with Crippen LogP contribution in [-0.2, 0) is 13.0 Å². The fourth-order valence-electron chi connectivity index (χ4n) is 3.08. The Hall–Kier alpha value is -3.67. The molecule has 0 bridgehead atoms. The smallest absolute Gasteiger partial charge is 0.251 e. The molecule has 0 unspecified atom stereocenters. The number of ether oxygens (including phenoxy) is 1. The predicted molar refractivity (Wildman–Crippen MR) is 110 cm³/mol. The van der Waals surface area contributed by atoms with E-state index in [0.717, 1.165) is 28.2 Å². The van der Waals surface area contributed by atoms with Crippen molar-refractivity contribution < 1.29 is 13.9 Å². The third-order valence-corrected chi connectivity index (χ3v) is 4.59. The third kappa shape index (κ3) is 4.43. The van der Waals surface area contributed by atoms with Crippen molar-refractivity contribution in [3.05, 3.63) is 89.1 Å². The molecular weight excluding hydrogens is 366 g/mol. The number of nitrogens with zero attached hydrogens (tertiary/aromatic N) is 2. The number of amides is 1. The molecule has 0 radical (unpaired) electrons. The Kier molecular flexibility index (Phi) is 5.24. The number of pyridine rings is 1. The molecule has 0 spiro atoms. The van der Waals surface area contributed by atoms with Crippen LogP contribution in [-0.4, -0.2) is 23.0 Å². The lowest BCUT2D eigenvalue weighted by Gasteiger charge is -2.05. The van der Waals surface area contributed by atoms with Crippen molar-refractivity contribution in [1.82, 2.24) is 15.3 Å². The average Bonchev–Trinajstić information content (AvgIpc) is 3.14. The highest BCUT2D eigenvalue weighted by Gasteiger charge is 2.11. The first kappa shape index (κ1) is 18.7. The maximum atomic E-state index is 12.5. The van der Waals surface area contributed by atoms with Gasteiger partial charge in [-0.2, -0.15) is 0 Å². The summed E-state index contributed by atoms with van der Waals surface area (Å²) in [5.41, 5.74) is 4.66. The molecule has 0 saturated heterocycles. The predicted octanol–water partition coefficient (Wildman–Crippen LogP) is 4.06. The van der Waals surface area contributed by atoms with E-state index >= 15 is 0 Å². The molecule has 0 aliphatic rings. The highest BCUT2D eigenvalue weighted by molar-refractivity contribution is 5.96. The molecule has 6 nitrogen and oxygen atoms in total. The first-order valence-corrected chi connectivity index (χ1v) is 9.34. The van der Waals surface area contributed by atoms with Crippen molar-refractivity contribution in [2.45, 2.75) is 19.9 Å². The van der Waals surface area contributed by atoms with Crippen LogP contribution in [0.1, 0.15) is 33.2 Å². The van der Waals surface area contributed by atoms with Gasteiger partial charge in [0.05, 0.1) is 19.3 Å². The number of fused-ring (bicyclic) bond motifs is 1. The van der Waals surface area contributed by atoms with Gasteiger partial charge >= 0.3 is 0 Å². The summed E-state index contributed by atoms with van der Waals surface area (Å²) < 4.78 is 11.0. The lowest BCUT2D eigenvalue weighted by Crippen LogP contribution is -2.23. The van der Waals surface area contributed by atoms with Gasteiger partial charge in [0.1, 0.15) is 11.3 Å². The van der Waals surface area contributed by atoms with E-state index in [4.69, 9.17) is 9.15 Å². The van der Waals surface area contributed by atoms with Crippen molar-refractivity contribution in [3.8, 4) is 5.75 Å². The quantitative estimate of drug-likeness (QED) is 0.540. The zero-order valence-corrected chi connectivity index (χ0v) is 16.3. The van der Waals surface area contributed by atoms with Crippen LogP contribution in [0.3, 0.4) is 0 Å². The van der Waals surface area contributed by atoms with Crippen LogP contribution >= 0.6 is 0 Å². The van der Waals surface area contributed by atoms with Gasteiger partial charge in [-0.05, 0) is 55.0 Å². The Bertz CT molecular complexity index is 1150. The molecule has 4 aromatic rings. The molecule has 6 heteroatoms. The van der Waals surface area contributed by atoms with Gasteiger partial charge in [0.2, 0.25) is 0 Å². The van der Waals surface area contributed by atoms with E-state index < -0.39 is 0 Å². The molecule has 146 valence electrons. The fourth-order valence-corrected chi connectivity index (χ4v) is 3.08. The lowest BCUT2D eigenvalue weighted by atomic mass is 10.1. The maximum Gasteiger partial charge on any atom is 0.251 e. The highest BCUT2D eigenvalue weighted by Crippen LogP contribution is 2.20. The Morgan fingerprint density at radius 1 is 1.07 bits per heavy atom. The summed E-state index contributed by atoms with van der Waals surface area (Å²) in [5.74, 6) is 1.23. The maximum absolute atomic E-state index is 12.5. The Morgan fingerprint density at radius 2 is 1.90 bits per heavy atom. The number of carbonyl (C=O) groups is 1. The lowest BCUT2D eigenvalue weighted by molar-refractivity contribution is 0.0950. The van der Waals surface area contributed by atoms with Gasteiger partial charge in [-0.25, -0.2) is 4.98 Å². The van der Waals surface area contributed by atoms with Crippen molar-refractivity contribution in [1.29, 1.82) is 0 Å². The molecule has 0 atom stereocenters. The van der Waals surface area contributed by atoms with Crippen molar-refractivity contribution in [3.63, 3.8) is 0 Å². The van der Waals surface area contributed by atoms with Crippen LogP contribution in [0.4, 0.5) is 0 Å². The number of nitrogens with one attached hydrogen (secondary N) is 1. The second-order valence-corrected chi connectivity index (χ2v) is 6.77. The van der Waals surface area contributed by atoms with Gasteiger partial charge in [0, 0.05) is 17.7 Å². The van der Waals surface area contributed by atoms with Crippen LogP contribution in [0.2, 0.25) is 0 Å². The molecule has 0 aliphatic heterocycles. The molecule has 2 aromatic carbocycles. The SMILES string of the molecule is COc1ccc(Cc2nc3ccc(C(=O)NCc4cccc(C)n4)cc3o2)cc1. The summed E-state index contributed by atoms with van der Waals surface area (Å²) in [5, 5.41) is 2.89. The minimum absolute atomic E-state index is 0.177. The van der Waals surface area contributed by atoms with E-state index in [9.17, 15) is 4.79 Å². The normalized spacial score (nSPS) is 10.8. The van der Waals surface area contributed by atoms with Gasteiger partial charge in [0.25, 0.3) is 5.91 Å². The second-order valence-electron chi connectivity index (χ2n) is 6.77. The van der Waals surface area contributed by atoms with Gasteiger partial charge in [-0.3, -0.25) is 9.78 Å². The number of aryl methyl sites for hydroxylation is 1. The van der Waals surface area contributed by atoms with Crippen molar-refractivity contribution >= 4 is 17.0 Å². The molecule has 0 saturated carbocycles. The summed E-state index contributed by atoms with van der Waals surface area (Å²) in [6, 6.07) is 18.8. The summed E-state index contributed by atoms with van der Waals surface area (Å²) >= 11 is 0. The zero-order chi connectivity index (χ0) is 20.2. The summed E-state index contributed by atoms with van der Waals surface area (Å²) in [7, 11) is 1.64. The van der Waals surface area contributed by atoms with E-state index in [-0.39, 0.29) is 5.91 Å². The first-order valence-electron chi connectivity index (χ1n) is 9.34. The average molecular weight is 387 g/mol. The van der Waals surface area contributed by atoms with Crippen LogP contribution in [0, 0.1) is 6.92 Å². The number of aromatic nitrogens is 2. The van der Waals surface area contributed by atoms with E-state index in [1.54, 1.807) is 25.3 Å². The summed E-state index contributed by atoms with van der Waals surface area (Å²) in [6.07, 6.45) is 0.569.